The lowest BCUT2D eigenvalue weighted by Crippen LogP contribution is -2.11. The first kappa shape index (κ1) is 10.9. The minimum atomic E-state index is -4.66. The van der Waals surface area contributed by atoms with Gasteiger partial charge >= 0.3 is 6.18 Å². The largest absolute Gasteiger partial charge is 0.451 e. The van der Waals surface area contributed by atoms with Gasteiger partial charge in [-0.2, -0.15) is 13.2 Å². The standard InChI is InChI=1S/C8H4ClF3N4/c9-6-3-1-14-2-4(13)5(3)15-7(16-6)8(10,11)12/h1-2H,13H2. The van der Waals surface area contributed by atoms with E-state index < -0.39 is 12.0 Å². The first-order chi connectivity index (χ1) is 7.39. The van der Waals surface area contributed by atoms with Gasteiger partial charge in [-0.05, 0) is 0 Å². The quantitative estimate of drug-likeness (QED) is 0.727. The molecule has 0 atom stereocenters. The lowest BCUT2D eigenvalue weighted by atomic mass is 10.3. The molecule has 2 N–H and O–H groups in total. The molecule has 0 amide bonds. The number of hydrogen-bond donors (Lipinski definition) is 1. The molecule has 2 aromatic heterocycles. The number of aromatic nitrogens is 3. The first-order valence-corrected chi connectivity index (χ1v) is 4.41. The Morgan fingerprint density at radius 2 is 1.88 bits per heavy atom. The number of nitrogens with zero attached hydrogens (tertiary/aromatic N) is 3. The van der Waals surface area contributed by atoms with Crippen molar-refractivity contribution >= 4 is 28.2 Å². The molecule has 0 aliphatic rings. The van der Waals surface area contributed by atoms with Crippen LogP contribution in [0, 0.1) is 0 Å². The van der Waals surface area contributed by atoms with Crippen molar-refractivity contribution < 1.29 is 13.2 Å². The molecular formula is C8H4ClF3N4. The molecule has 2 aromatic rings. The molecule has 0 fully saturated rings. The fourth-order valence-electron chi connectivity index (χ4n) is 1.16. The molecular weight excluding hydrogens is 245 g/mol. The zero-order valence-electron chi connectivity index (χ0n) is 7.59. The molecule has 0 unspecified atom stereocenters. The summed E-state index contributed by atoms with van der Waals surface area (Å²) in [6.07, 6.45) is -2.20. The van der Waals surface area contributed by atoms with E-state index in [1.807, 2.05) is 0 Å². The lowest BCUT2D eigenvalue weighted by molar-refractivity contribution is -0.144. The van der Waals surface area contributed by atoms with Crippen LogP contribution in [0.4, 0.5) is 18.9 Å². The van der Waals surface area contributed by atoms with E-state index >= 15 is 0 Å². The van der Waals surface area contributed by atoms with Gasteiger partial charge in [-0.1, -0.05) is 11.6 Å². The Hall–Kier alpha value is -1.63. The van der Waals surface area contributed by atoms with Gasteiger partial charge in [0, 0.05) is 6.20 Å². The topological polar surface area (TPSA) is 64.7 Å². The minimum Gasteiger partial charge on any atom is -0.396 e. The number of rotatable bonds is 0. The Morgan fingerprint density at radius 1 is 1.19 bits per heavy atom. The lowest BCUT2D eigenvalue weighted by Gasteiger charge is -2.07. The Kier molecular flexibility index (Phi) is 2.34. The van der Waals surface area contributed by atoms with E-state index in [2.05, 4.69) is 15.0 Å². The maximum atomic E-state index is 12.4. The SMILES string of the molecule is Nc1cncc2c(Cl)nc(C(F)(F)F)nc12. The average molecular weight is 249 g/mol. The van der Waals surface area contributed by atoms with Gasteiger partial charge in [-0.3, -0.25) is 4.98 Å². The summed E-state index contributed by atoms with van der Waals surface area (Å²) in [5.74, 6) is -1.32. The molecule has 0 spiro atoms. The van der Waals surface area contributed by atoms with E-state index in [1.165, 1.54) is 12.4 Å². The highest BCUT2D eigenvalue weighted by molar-refractivity contribution is 6.34. The van der Waals surface area contributed by atoms with E-state index in [0.29, 0.717) is 0 Å². The zero-order valence-corrected chi connectivity index (χ0v) is 8.34. The van der Waals surface area contributed by atoms with Gasteiger partial charge in [-0.15, -0.1) is 0 Å². The van der Waals surface area contributed by atoms with Crippen LogP contribution in [0.15, 0.2) is 12.4 Å². The van der Waals surface area contributed by atoms with Crippen molar-refractivity contribution in [2.45, 2.75) is 6.18 Å². The van der Waals surface area contributed by atoms with Gasteiger partial charge in [0.1, 0.15) is 10.7 Å². The molecule has 0 aliphatic carbocycles. The van der Waals surface area contributed by atoms with E-state index in [0.717, 1.165) is 0 Å². The van der Waals surface area contributed by atoms with Gasteiger partial charge in [0.15, 0.2) is 0 Å². The van der Waals surface area contributed by atoms with Crippen molar-refractivity contribution in [1.29, 1.82) is 0 Å². The van der Waals surface area contributed by atoms with Crippen molar-refractivity contribution in [1.82, 2.24) is 15.0 Å². The van der Waals surface area contributed by atoms with Gasteiger partial charge < -0.3 is 5.73 Å². The fraction of sp³-hybridized carbons (Fsp3) is 0.125. The predicted molar refractivity (Wildman–Crippen MR) is 51.8 cm³/mol. The Labute approximate surface area is 92.3 Å². The third kappa shape index (κ3) is 1.73. The molecule has 0 saturated carbocycles. The first-order valence-electron chi connectivity index (χ1n) is 4.03. The molecule has 2 rings (SSSR count). The van der Waals surface area contributed by atoms with E-state index in [-0.39, 0.29) is 21.7 Å². The maximum absolute atomic E-state index is 12.4. The Bertz CT molecular complexity index is 555. The number of hydrogen-bond acceptors (Lipinski definition) is 4. The van der Waals surface area contributed by atoms with E-state index in [4.69, 9.17) is 17.3 Å². The summed E-state index contributed by atoms with van der Waals surface area (Å²) in [6.45, 7) is 0. The maximum Gasteiger partial charge on any atom is 0.451 e. The molecule has 0 saturated heterocycles. The second-order valence-electron chi connectivity index (χ2n) is 2.96. The van der Waals surface area contributed by atoms with Crippen molar-refractivity contribution in [2.75, 3.05) is 5.73 Å². The fourth-order valence-corrected chi connectivity index (χ4v) is 1.37. The third-order valence-electron chi connectivity index (χ3n) is 1.84. The predicted octanol–water partition coefficient (Wildman–Crippen LogP) is 2.28. The van der Waals surface area contributed by atoms with Crippen molar-refractivity contribution in [3.8, 4) is 0 Å². The van der Waals surface area contributed by atoms with E-state index in [9.17, 15) is 13.2 Å². The number of pyridine rings is 1. The number of fused-ring (bicyclic) bond motifs is 1. The second kappa shape index (κ2) is 3.44. The number of nitrogen functional groups attached to an aromatic ring is 1. The summed E-state index contributed by atoms with van der Waals surface area (Å²) >= 11 is 5.59. The van der Waals surface area contributed by atoms with Crippen LogP contribution in [-0.2, 0) is 6.18 Å². The van der Waals surface area contributed by atoms with Gasteiger partial charge in [-0.25, -0.2) is 9.97 Å². The molecule has 2 heterocycles. The van der Waals surface area contributed by atoms with Gasteiger partial charge in [0.25, 0.3) is 0 Å². The summed E-state index contributed by atoms with van der Waals surface area (Å²) < 4.78 is 37.2. The number of alkyl halides is 3. The Morgan fingerprint density at radius 3 is 2.50 bits per heavy atom. The van der Waals surface area contributed by atoms with Crippen LogP contribution in [0.1, 0.15) is 5.82 Å². The highest BCUT2D eigenvalue weighted by atomic mass is 35.5. The summed E-state index contributed by atoms with van der Waals surface area (Å²) in [5.41, 5.74) is 5.43. The zero-order chi connectivity index (χ0) is 11.9. The summed E-state index contributed by atoms with van der Waals surface area (Å²) in [7, 11) is 0. The summed E-state index contributed by atoms with van der Waals surface area (Å²) in [6, 6.07) is 0. The molecule has 0 bridgehead atoms. The van der Waals surface area contributed by atoms with Gasteiger partial charge in [0.2, 0.25) is 5.82 Å². The monoisotopic (exact) mass is 248 g/mol. The molecule has 84 valence electrons. The van der Waals surface area contributed by atoms with Gasteiger partial charge in [0.05, 0.1) is 17.3 Å². The molecule has 0 aliphatic heterocycles. The van der Waals surface area contributed by atoms with Crippen molar-refractivity contribution in [2.24, 2.45) is 0 Å². The smallest absolute Gasteiger partial charge is 0.396 e. The number of nitrogens with two attached hydrogens (primary N) is 1. The third-order valence-corrected chi connectivity index (χ3v) is 2.13. The van der Waals surface area contributed by atoms with Crippen LogP contribution in [0.3, 0.4) is 0 Å². The highest BCUT2D eigenvalue weighted by Crippen LogP contribution is 2.31. The van der Waals surface area contributed by atoms with Crippen LogP contribution in [0.25, 0.3) is 10.9 Å². The molecule has 8 heteroatoms. The number of anilines is 1. The van der Waals surface area contributed by atoms with Crippen molar-refractivity contribution in [3.05, 3.63) is 23.4 Å². The second-order valence-corrected chi connectivity index (χ2v) is 3.32. The van der Waals surface area contributed by atoms with Crippen LogP contribution in [0.5, 0.6) is 0 Å². The summed E-state index contributed by atoms with van der Waals surface area (Å²) in [4.78, 5) is 10.2. The molecule has 16 heavy (non-hydrogen) atoms. The highest BCUT2D eigenvalue weighted by Gasteiger charge is 2.35. The van der Waals surface area contributed by atoms with Crippen LogP contribution >= 0.6 is 11.6 Å². The Balaban J connectivity index is 2.81. The molecule has 0 radical (unpaired) electrons. The number of halogens is 4. The molecule has 4 nitrogen and oxygen atoms in total. The molecule has 0 aromatic carbocycles. The summed E-state index contributed by atoms with van der Waals surface area (Å²) in [5, 5.41) is -0.133. The van der Waals surface area contributed by atoms with E-state index in [1.54, 1.807) is 0 Å². The van der Waals surface area contributed by atoms with Crippen LogP contribution in [-0.4, -0.2) is 15.0 Å². The minimum absolute atomic E-state index is 0.0206. The normalized spacial score (nSPS) is 12.0. The van der Waals surface area contributed by atoms with Crippen LogP contribution in [0.2, 0.25) is 5.15 Å². The van der Waals surface area contributed by atoms with Crippen LogP contribution < -0.4 is 5.73 Å². The van der Waals surface area contributed by atoms with Crippen molar-refractivity contribution in [3.63, 3.8) is 0 Å². The average Bonchev–Trinajstić information content (AvgIpc) is 2.18.